The number of amides is 1. The van der Waals surface area contributed by atoms with Crippen molar-refractivity contribution in [2.24, 2.45) is 5.92 Å². The molecule has 1 aromatic heterocycles. The van der Waals surface area contributed by atoms with Crippen LogP contribution in [0.1, 0.15) is 45.4 Å². The molecule has 3 saturated heterocycles. The minimum atomic E-state index is -3.95. The van der Waals surface area contributed by atoms with E-state index in [1.54, 1.807) is 4.90 Å². The van der Waals surface area contributed by atoms with Gasteiger partial charge in [-0.25, -0.2) is 16.8 Å². The number of aromatic nitrogens is 1. The topological polar surface area (TPSA) is 100 Å². The summed E-state index contributed by atoms with van der Waals surface area (Å²) in [7, 11) is -7.90. The highest BCUT2D eigenvalue weighted by Gasteiger charge is 2.38. The van der Waals surface area contributed by atoms with Crippen LogP contribution in [-0.2, 0) is 31.4 Å². The van der Waals surface area contributed by atoms with E-state index in [4.69, 9.17) is 0 Å². The molecule has 0 N–H and O–H groups in total. The van der Waals surface area contributed by atoms with E-state index in [-0.39, 0.29) is 22.2 Å². The van der Waals surface area contributed by atoms with Crippen molar-refractivity contribution in [3.63, 3.8) is 0 Å². The van der Waals surface area contributed by atoms with Crippen molar-refractivity contribution in [1.29, 1.82) is 0 Å². The number of carbonyl (C=O) groups excluding carboxylic acids is 1. The summed E-state index contributed by atoms with van der Waals surface area (Å²) in [6.45, 7) is 4.97. The number of hydrogen-bond donors (Lipinski definition) is 0. The Bertz CT molecular complexity index is 958. The van der Waals surface area contributed by atoms with E-state index >= 15 is 0 Å². The lowest BCUT2D eigenvalue weighted by Crippen LogP contribution is -2.40. The molecule has 0 aromatic carbocycles. The molecule has 3 fully saturated rings. The van der Waals surface area contributed by atoms with E-state index in [0.717, 1.165) is 38.5 Å². The van der Waals surface area contributed by atoms with Crippen molar-refractivity contribution in [2.75, 3.05) is 39.3 Å². The summed E-state index contributed by atoms with van der Waals surface area (Å²) < 4.78 is 57.3. The molecule has 11 heteroatoms. The highest BCUT2D eigenvalue weighted by Crippen LogP contribution is 2.31. The standard InChI is InChI=1S/C20H32N4O5S2/c1-17-7-6-8-22(13-17)20(25)16-21-14-18(30(26,27)23-9-2-3-10-23)19(15-21)31(28,29)24-11-4-5-12-24/h14-15,17H,2-13,16H2,1H3. The summed E-state index contributed by atoms with van der Waals surface area (Å²) in [6, 6.07) is 0. The second kappa shape index (κ2) is 8.84. The Balaban J connectivity index is 1.67. The zero-order valence-electron chi connectivity index (χ0n) is 18.1. The fourth-order valence-corrected chi connectivity index (χ4v) is 8.57. The van der Waals surface area contributed by atoms with Crippen LogP contribution in [0.3, 0.4) is 0 Å². The van der Waals surface area contributed by atoms with Crippen LogP contribution in [0.5, 0.6) is 0 Å². The second-order valence-electron chi connectivity index (χ2n) is 8.97. The molecule has 1 aromatic rings. The van der Waals surface area contributed by atoms with Crippen LogP contribution < -0.4 is 0 Å². The minimum Gasteiger partial charge on any atom is -0.342 e. The average Bonchev–Trinajstić information content (AvgIpc) is 3.49. The van der Waals surface area contributed by atoms with Crippen LogP contribution >= 0.6 is 0 Å². The smallest absolute Gasteiger partial charge is 0.245 e. The van der Waals surface area contributed by atoms with Crippen molar-refractivity contribution in [1.82, 2.24) is 18.1 Å². The lowest BCUT2D eigenvalue weighted by atomic mass is 10.0. The van der Waals surface area contributed by atoms with Gasteiger partial charge in [-0.15, -0.1) is 0 Å². The van der Waals surface area contributed by atoms with E-state index < -0.39 is 20.0 Å². The van der Waals surface area contributed by atoms with Gasteiger partial charge in [-0.3, -0.25) is 4.79 Å². The summed E-state index contributed by atoms with van der Waals surface area (Å²) in [5, 5.41) is 0. The van der Waals surface area contributed by atoms with E-state index in [9.17, 15) is 21.6 Å². The zero-order chi connectivity index (χ0) is 22.2. The molecule has 0 bridgehead atoms. The first-order chi connectivity index (χ1) is 14.7. The molecule has 31 heavy (non-hydrogen) atoms. The van der Waals surface area contributed by atoms with Gasteiger partial charge in [0, 0.05) is 51.7 Å². The number of sulfonamides is 2. The molecular formula is C20H32N4O5S2. The van der Waals surface area contributed by atoms with Crippen molar-refractivity contribution < 1.29 is 21.6 Å². The summed E-state index contributed by atoms with van der Waals surface area (Å²) in [4.78, 5) is 14.2. The van der Waals surface area contributed by atoms with Crippen LogP contribution in [-0.4, -0.2) is 80.1 Å². The van der Waals surface area contributed by atoms with E-state index in [1.807, 2.05) is 0 Å². The maximum absolute atomic E-state index is 13.3. The SMILES string of the molecule is CC1CCCN(C(=O)Cn2cc(S(=O)(=O)N3CCCC3)c(S(=O)(=O)N3CCCC3)c2)C1. The highest BCUT2D eigenvalue weighted by atomic mass is 32.2. The van der Waals surface area contributed by atoms with Gasteiger partial charge in [-0.1, -0.05) is 6.92 Å². The van der Waals surface area contributed by atoms with Gasteiger partial charge in [0.25, 0.3) is 0 Å². The molecule has 3 aliphatic heterocycles. The zero-order valence-corrected chi connectivity index (χ0v) is 19.7. The monoisotopic (exact) mass is 472 g/mol. The molecule has 0 spiro atoms. The third kappa shape index (κ3) is 4.55. The number of carbonyl (C=O) groups is 1. The molecule has 0 saturated carbocycles. The average molecular weight is 473 g/mol. The first-order valence-corrected chi connectivity index (χ1v) is 14.1. The fraction of sp³-hybridized carbons (Fsp3) is 0.750. The predicted octanol–water partition coefficient (Wildman–Crippen LogP) is 1.32. The number of rotatable bonds is 6. The molecule has 1 amide bonds. The summed E-state index contributed by atoms with van der Waals surface area (Å²) in [5.74, 6) is 0.316. The highest BCUT2D eigenvalue weighted by molar-refractivity contribution is 7.92. The van der Waals surface area contributed by atoms with Crippen LogP contribution in [0, 0.1) is 5.92 Å². The van der Waals surface area contributed by atoms with Gasteiger partial charge in [0.15, 0.2) is 0 Å². The normalized spacial score (nSPS) is 24.2. The van der Waals surface area contributed by atoms with E-state index in [2.05, 4.69) is 6.92 Å². The van der Waals surface area contributed by atoms with Crippen LogP contribution in [0.2, 0.25) is 0 Å². The van der Waals surface area contributed by atoms with Crippen molar-refractivity contribution in [2.45, 2.75) is 61.8 Å². The third-order valence-corrected chi connectivity index (χ3v) is 10.5. The van der Waals surface area contributed by atoms with Gasteiger partial charge in [0.1, 0.15) is 16.3 Å². The number of likely N-dealkylation sites (tertiary alicyclic amines) is 1. The first kappa shape index (κ1) is 22.8. The Labute approximate surface area is 185 Å². The Kier molecular flexibility index (Phi) is 6.49. The van der Waals surface area contributed by atoms with Crippen molar-refractivity contribution in [3.8, 4) is 0 Å². The lowest BCUT2D eigenvalue weighted by molar-refractivity contribution is -0.133. The Hall–Kier alpha value is -1.43. The van der Waals surface area contributed by atoms with Gasteiger partial charge in [0.05, 0.1) is 0 Å². The van der Waals surface area contributed by atoms with Gasteiger partial charge >= 0.3 is 0 Å². The number of hydrogen-bond acceptors (Lipinski definition) is 5. The number of nitrogens with zero attached hydrogens (tertiary/aromatic N) is 4. The molecule has 0 radical (unpaired) electrons. The van der Waals surface area contributed by atoms with E-state index in [0.29, 0.717) is 45.2 Å². The van der Waals surface area contributed by atoms with Gasteiger partial charge < -0.3 is 9.47 Å². The third-order valence-electron chi connectivity index (χ3n) is 6.50. The first-order valence-electron chi connectivity index (χ1n) is 11.2. The molecular weight excluding hydrogens is 440 g/mol. The largest absolute Gasteiger partial charge is 0.342 e. The van der Waals surface area contributed by atoms with Crippen molar-refractivity contribution >= 4 is 26.0 Å². The number of piperidine rings is 1. The minimum absolute atomic E-state index is 0.0647. The fourth-order valence-electron chi connectivity index (χ4n) is 4.75. The molecule has 174 valence electrons. The van der Waals surface area contributed by atoms with Crippen molar-refractivity contribution in [3.05, 3.63) is 12.4 Å². The molecule has 1 atom stereocenters. The maximum atomic E-state index is 13.3. The molecule has 1 unspecified atom stereocenters. The van der Waals surface area contributed by atoms with Gasteiger partial charge in [0.2, 0.25) is 26.0 Å². The summed E-state index contributed by atoms with van der Waals surface area (Å²) in [5.41, 5.74) is 0. The second-order valence-corrected chi connectivity index (χ2v) is 12.8. The molecule has 0 aliphatic carbocycles. The quantitative estimate of drug-likeness (QED) is 0.622. The van der Waals surface area contributed by atoms with Crippen LogP contribution in [0.25, 0.3) is 0 Å². The van der Waals surface area contributed by atoms with Gasteiger partial charge in [-0.05, 0) is 44.4 Å². The van der Waals surface area contributed by atoms with Crippen LogP contribution in [0.15, 0.2) is 22.2 Å². The summed E-state index contributed by atoms with van der Waals surface area (Å²) >= 11 is 0. The maximum Gasteiger partial charge on any atom is 0.245 e. The Morgan fingerprint density at radius 3 is 1.77 bits per heavy atom. The molecule has 4 rings (SSSR count). The molecule has 4 heterocycles. The Morgan fingerprint density at radius 1 is 0.839 bits per heavy atom. The molecule has 3 aliphatic rings. The lowest BCUT2D eigenvalue weighted by Gasteiger charge is -2.31. The predicted molar refractivity (Wildman–Crippen MR) is 115 cm³/mol. The Morgan fingerprint density at radius 2 is 1.32 bits per heavy atom. The van der Waals surface area contributed by atoms with Gasteiger partial charge in [-0.2, -0.15) is 8.61 Å². The molecule has 9 nitrogen and oxygen atoms in total. The summed E-state index contributed by atoms with van der Waals surface area (Å²) in [6.07, 6.45) is 7.76. The van der Waals surface area contributed by atoms with Crippen LogP contribution in [0.4, 0.5) is 0 Å². The van der Waals surface area contributed by atoms with E-state index in [1.165, 1.54) is 25.6 Å².